The van der Waals surface area contributed by atoms with Crippen LogP contribution in [0.25, 0.3) is 11.1 Å². The largest absolute Gasteiger partial charge is 0.385 e. The predicted molar refractivity (Wildman–Crippen MR) is 73.1 cm³/mol. The highest BCUT2D eigenvalue weighted by Gasteiger charge is 2.20. The number of hydrogen-bond donors (Lipinski definition) is 1. The summed E-state index contributed by atoms with van der Waals surface area (Å²) in [6.07, 6.45) is 2.80. The molecule has 1 N–H and O–H groups in total. The first kappa shape index (κ1) is 10.4. The molecular weight excluding hydrogens is 206 g/mol. The van der Waals surface area contributed by atoms with Gasteiger partial charge in [-0.25, -0.2) is 0 Å². The standard InChI is InChI=1S/C16H17N/c1-2-4-14(5-3-1)15-8-10-16(11-9-15)17-12-13-6-7-13/h1-5,8-11,13,17H,6-7,12H2. The van der Waals surface area contributed by atoms with Crippen LogP contribution in [0.15, 0.2) is 54.6 Å². The van der Waals surface area contributed by atoms with E-state index in [4.69, 9.17) is 0 Å². The molecule has 1 nitrogen and oxygen atoms in total. The van der Waals surface area contributed by atoms with Gasteiger partial charge in [-0.1, -0.05) is 42.5 Å². The van der Waals surface area contributed by atoms with Gasteiger partial charge in [-0.2, -0.15) is 0 Å². The maximum atomic E-state index is 3.49. The average molecular weight is 223 g/mol. The van der Waals surface area contributed by atoms with E-state index in [-0.39, 0.29) is 0 Å². The third kappa shape index (κ3) is 2.68. The van der Waals surface area contributed by atoms with Crippen molar-refractivity contribution >= 4 is 5.69 Å². The number of rotatable bonds is 4. The lowest BCUT2D eigenvalue weighted by atomic mass is 10.1. The van der Waals surface area contributed by atoms with Crippen LogP contribution in [0.4, 0.5) is 5.69 Å². The molecular formula is C16H17N. The molecule has 0 amide bonds. The van der Waals surface area contributed by atoms with Gasteiger partial charge in [0, 0.05) is 12.2 Å². The molecule has 0 saturated heterocycles. The van der Waals surface area contributed by atoms with Crippen LogP contribution in [0.3, 0.4) is 0 Å². The maximum absolute atomic E-state index is 3.49. The third-order valence-corrected chi connectivity index (χ3v) is 3.28. The van der Waals surface area contributed by atoms with E-state index in [2.05, 4.69) is 59.9 Å². The van der Waals surface area contributed by atoms with Gasteiger partial charge in [0.15, 0.2) is 0 Å². The second kappa shape index (κ2) is 4.62. The zero-order valence-corrected chi connectivity index (χ0v) is 9.89. The van der Waals surface area contributed by atoms with Gasteiger partial charge in [-0.15, -0.1) is 0 Å². The fraction of sp³-hybridized carbons (Fsp3) is 0.250. The van der Waals surface area contributed by atoms with Crippen molar-refractivity contribution < 1.29 is 0 Å². The van der Waals surface area contributed by atoms with E-state index in [1.807, 2.05) is 0 Å². The molecule has 86 valence electrons. The van der Waals surface area contributed by atoms with E-state index >= 15 is 0 Å². The molecule has 0 heterocycles. The molecule has 17 heavy (non-hydrogen) atoms. The van der Waals surface area contributed by atoms with Crippen molar-refractivity contribution in [3.05, 3.63) is 54.6 Å². The van der Waals surface area contributed by atoms with Gasteiger partial charge in [-0.3, -0.25) is 0 Å². The molecule has 2 aromatic rings. The second-order valence-electron chi connectivity index (χ2n) is 4.77. The van der Waals surface area contributed by atoms with Crippen molar-refractivity contribution in [1.29, 1.82) is 0 Å². The van der Waals surface area contributed by atoms with Crippen LogP contribution in [-0.2, 0) is 0 Å². The summed E-state index contributed by atoms with van der Waals surface area (Å²) >= 11 is 0. The Hall–Kier alpha value is -1.76. The highest BCUT2D eigenvalue weighted by molar-refractivity contribution is 5.65. The van der Waals surface area contributed by atoms with E-state index in [9.17, 15) is 0 Å². The topological polar surface area (TPSA) is 12.0 Å². The van der Waals surface area contributed by atoms with Crippen LogP contribution in [-0.4, -0.2) is 6.54 Å². The fourth-order valence-electron chi connectivity index (χ4n) is 2.00. The van der Waals surface area contributed by atoms with Gasteiger partial charge < -0.3 is 5.32 Å². The molecule has 0 spiro atoms. The summed E-state index contributed by atoms with van der Waals surface area (Å²) in [5.41, 5.74) is 3.79. The first-order valence-electron chi connectivity index (χ1n) is 6.31. The highest BCUT2D eigenvalue weighted by atomic mass is 14.9. The second-order valence-corrected chi connectivity index (χ2v) is 4.77. The Morgan fingerprint density at radius 3 is 2.12 bits per heavy atom. The van der Waals surface area contributed by atoms with Crippen LogP contribution in [0.1, 0.15) is 12.8 Å². The van der Waals surface area contributed by atoms with Crippen molar-refractivity contribution in [1.82, 2.24) is 0 Å². The van der Waals surface area contributed by atoms with Gasteiger partial charge in [-0.05, 0) is 42.0 Å². The maximum Gasteiger partial charge on any atom is 0.0340 e. The minimum absolute atomic E-state index is 0.920. The van der Waals surface area contributed by atoms with E-state index in [0.29, 0.717) is 0 Å². The summed E-state index contributed by atoms with van der Waals surface area (Å²) in [5, 5.41) is 3.49. The summed E-state index contributed by atoms with van der Waals surface area (Å²) in [6.45, 7) is 1.13. The Bertz CT molecular complexity index is 469. The van der Waals surface area contributed by atoms with Crippen LogP contribution >= 0.6 is 0 Å². The summed E-state index contributed by atoms with van der Waals surface area (Å²) in [5.74, 6) is 0.920. The lowest BCUT2D eigenvalue weighted by molar-refractivity contribution is 0.889. The monoisotopic (exact) mass is 223 g/mol. The first-order valence-corrected chi connectivity index (χ1v) is 6.31. The molecule has 0 radical (unpaired) electrons. The number of anilines is 1. The molecule has 0 aliphatic heterocycles. The summed E-state index contributed by atoms with van der Waals surface area (Å²) in [6, 6.07) is 19.2. The molecule has 0 bridgehead atoms. The molecule has 1 aliphatic carbocycles. The summed E-state index contributed by atoms with van der Waals surface area (Å²) < 4.78 is 0. The Balaban J connectivity index is 1.70. The molecule has 3 rings (SSSR count). The minimum Gasteiger partial charge on any atom is -0.385 e. The highest BCUT2D eigenvalue weighted by Crippen LogP contribution is 2.29. The molecule has 1 heteroatoms. The SMILES string of the molecule is c1ccc(-c2ccc(NCC3CC3)cc2)cc1. The Morgan fingerprint density at radius 1 is 0.824 bits per heavy atom. The summed E-state index contributed by atoms with van der Waals surface area (Å²) in [4.78, 5) is 0. The lowest BCUT2D eigenvalue weighted by Crippen LogP contribution is -2.02. The van der Waals surface area contributed by atoms with Crippen molar-refractivity contribution in [3.63, 3.8) is 0 Å². The first-order chi connectivity index (χ1) is 8.42. The zero-order valence-electron chi connectivity index (χ0n) is 9.89. The van der Waals surface area contributed by atoms with E-state index in [1.54, 1.807) is 0 Å². The number of hydrogen-bond acceptors (Lipinski definition) is 1. The van der Waals surface area contributed by atoms with Gasteiger partial charge in [0.25, 0.3) is 0 Å². The smallest absolute Gasteiger partial charge is 0.0340 e. The minimum atomic E-state index is 0.920. The van der Waals surface area contributed by atoms with Gasteiger partial charge in [0.1, 0.15) is 0 Å². The molecule has 1 fully saturated rings. The van der Waals surface area contributed by atoms with Crippen molar-refractivity contribution in [2.24, 2.45) is 5.92 Å². The molecule has 2 aromatic carbocycles. The summed E-state index contributed by atoms with van der Waals surface area (Å²) in [7, 11) is 0. The number of benzene rings is 2. The van der Waals surface area contributed by atoms with Crippen molar-refractivity contribution in [2.75, 3.05) is 11.9 Å². The lowest BCUT2D eigenvalue weighted by Gasteiger charge is -2.06. The van der Waals surface area contributed by atoms with Crippen LogP contribution in [0.5, 0.6) is 0 Å². The Labute approximate surface area is 102 Å². The van der Waals surface area contributed by atoms with E-state index in [1.165, 1.54) is 29.7 Å². The molecule has 0 atom stereocenters. The van der Waals surface area contributed by atoms with Gasteiger partial charge in [0.2, 0.25) is 0 Å². The molecule has 1 aliphatic rings. The molecule has 0 unspecified atom stereocenters. The third-order valence-electron chi connectivity index (χ3n) is 3.28. The van der Waals surface area contributed by atoms with Crippen molar-refractivity contribution in [2.45, 2.75) is 12.8 Å². The van der Waals surface area contributed by atoms with Crippen molar-refractivity contribution in [3.8, 4) is 11.1 Å². The van der Waals surface area contributed by atoms with E-state index in [0.717, 1.165) is 12.5 Å². The zero-order chi connectivity index (χ0) is 11.5. The quantitative estimate of drug-likeness (QED) is 0.820. The molecule has 0 aromatic heterocycles. The van der Waals surface area contributed by atoms with Gasteiger partial charge in [0.05, 0.1) is 0 Å². The number of nitrogens with one attached hydrogen (secondary N) is 1. The van der Waals surface area contributed by atoms with Crippen LogP contribution < -0.4 is 5.32 Å². The van der Waals surface area contributed by atoms with Gasteiger partial charge >= 0.3 is 0 Å². The van der Waals surface area contributed by atoms with Crippen LogP contribution in [0.2, 0.25) is 0 Å². The Morgan fingerprint density at radius 2 is 1.47 bits per heavy atom. The Kier molecular flexibility index (Phi) is 2.83. The van der Waals surface area contributed by atoms with E-state index < -0.39 is 0 Å². The fourth-order valence-corrected chi connectivity index (χ4v) is 2.00. The normalized spacial score (nSPS) is 14.6. The average Bonchev–Trinajstić information content (AvgIpc) is 3.22. The van der Waals surface area contributed by atoms with Crippen LogP contribution in [0, 0.1) is 5.92 Å². The predicted octanol–water partition coefficient (Wildman–Crippen LogP) is 4.18. The molecule has 1 saturated carbocycles.